The molecule has 7 heteroatoms. The molecule has 0 saturated heterocycles. The first-order valence-electron chi connectivity index (χ1n) is 10.1. The number of hydrogen-bond acceptors (Lipinski definition) is 4. The van der Waals surface area contributed by atoms with Crippen LogP contribution in [0, 0.1) is 12.7 Å². The van der Waals surface area contributed by atoms with Crippen LogP contribution < -0.4 is 5.32 Å². The quantitative estimate of drug-likeness (QED) is 0.376. The second-order valence-electron chi connectivity index (χ2n) is 7.26. The van der Waals surface area contributed by atoms with Crippen LogP contribution in [0.1, 0.15) is 30.5 Å². The third kappa shape index (κ3) is 4.61. The van der Waals surface area contributed by atoms with E-state index in [2.05, 4.69) is 10.3 Å². The fourth-order valence-corrected chi connectivity index (χ4v) is 4.47. The van der Waals surface area contributed by atoms with Gasteiger partial charge in [0.2, 0.25) is 5.91 Å². The lowest BCUT2D eigenvalue weighted by atomic mass is 10.1. The van der Waals surface area contributed by atoms with Gasteiger partial charge in [-0.25, -0.2) is 14.4 Å². The molecule has 4 rings (SSSR count). The zero-order chi connectivity index (χ0) is 21.8. The molecule has 0 saturated carbocycles. The van der Waals surface area contributed by atoms with Gasteiger partial charge in [-0.3, -0.25) is 9.36 Å². The third-order valence-electron chi connectivity index (χ3n) is 5.08. The van der Waals surface area contributed by atoms with Gasteiger partial charge in [0.25, 0.3) is 0 Å². The standard InChI is InChI=1S/C24H23FN4OS/c1-3-21(23(30)27-19-11-5-4-8-16(19)2)29-22-20(12-7-13-26-22)28-24(29)31-15-17-9-6-10-18(25)14-17/h4-14,21H,3,15H2,1-2H3,(H,27,30)/t21-/m0/s1. The number of anilines is 1. The van der Waals surface area contributed by atoms with Crippen molar-refractivity contribution in [3.8, 4) is 0 Å². The van der Waals surface area contributed by atoms with E-state index in [0.29, 0.717) is 23.0 Å². The minimum absolute atomic E-state index is 0.116. The number of halogens is 1. The van der Waals surface area contributed by atoms with Crippen LogP contribution >= 0.6 is 11.8 Å². The number of nitrogens with zero attached hydrogens (tertiary/aromatic N) is 3. The molecule has 2 heterocycles. The predicted molar refractivity (Wildman–Crippen MR) is 123 cm³/mol. The zero-order valence-electron chi connectivity index (χ0n) is 17.4. The molecule has 5 nitrogen and oxygen atoms in total. The van der Waals surface area contributed by atoms with Gasteiger partial charge in [0.15, 0.2) is 10.8 Å². The van der Waals surface area contributed by atoms with E-state index in [1.165, 1.54) is 23.9 Å². The molecular formula is C24H23FN4OS. The molecule has 0 bridgehead atoms. The first-order valence-corrected chi connectivity index (χ1v) is 11.1. The molecule has 0 aliphatic rings. The number of rotatable bonds is 7. The molecule has 1 N–H and O–H groups in total. The maximum absolute atomic E-state index is 13.6. The minimum Gasteiger partial charge on any atom is -0.324 e. The number of carbonyl (C=O) groups is 1. The monoisotopic (exact) mass is 434 g/mol. The van der Waals surface area contributed by atoms with Crippen molar-refractivity contribution in [2.75, 3.05) is 5.32 Å². The second-order valence-corrected chi connectivity index (χ2v) is 8.20. The summed E-state index contributed by atoms with van der Waals surface area (Å²) in [6.07, 6.45) is 2.28. The smallest absolute Gasteiger partial charge is 0.247 e. The normalized spacial score (nSPS) is 12.1. The zero-order valence-corrected chi connectivity index (χ0v) is 18.2. The van der Waals surface area contributed by atoms with E-state index >= 15 is 0 Å². The van der Waals surface area contributed by atoms with Crippen molar-refractivity contribution in [2.24, 2.45) is 0 Å². The number of pyridine rings is 1. The summed E-state index contributed by atoms with van der Waals surface area (Å²) in [7, 11) is 0. The summed E-state index contributed by atoms with van der Waals surface area (Å²) in [4.78, 5) is 22.5. The molecule has 1 amide bonds. The molecule has 1 atom stereocenters. The maximum Gasteiger partial charge on any atom is 0.247 e. The van der Waals surface area contributed by atoms with Crippen LogP contribution in [0.3, 0.4) is 0 Å². The molecule has 31 heavy (non-hydrogen) atoms. The van der Waals surface area contributed by atoms with Crippen molar-refractivity contribution < 1.29 is 9.18 Å². The van der Waals surface area contributed by atoms with E-state index < -0.39 is 6.04 Å². The minimum atomic E-state index is -0.477. The molecule has 4 aromatic rings. The Morgan fingerprint density at radius 3 is 2.77 bits per heavy atom. The molecule has 2 aromatic heterocycles. The van der Waals surface area contributed by atoms with Gasteiger partial charge in [-0.1, -0.05) is 49.0 Å². The molecule has 2 aromatic carbocycles. The predicted octanol–water partition coefficient (Wildman–Crippen LogP) is 5.76. The highest BCUT2D eigenvalue weighted by Crippen LogP contribution is 2.31. The first kappa shape index (κ1) is 21.1. The van der Waals surface area contributed by atoms with Crippen LogP contribution in [0.15, 0.2) is 72.0 Å². The topological polar surface area (TPSA) is 59.8 Å². The average molecular weight is 435 g/mol. The number of fused-ring (bicyclic) bond motifs is 1. The van der Waals surface area contributed by atoms with Gasteiger partial charge in [-0.15, -0.1) is 0 Å². The summed E-state index contributed by atoms with van der Waals surface area (Å²) in [5.74, 6) is 0.156. The Hall–Kier alpha value is -3.19. The van der Waals surface area contributed by atoms with Crippen molar-refractivity contribution >= 4 is 34.5 Å². The fourth-order valence-electron chi connectivity index (χ4n) is 3.48. The lowest BCUT2D eigenvalue weighted by Gasteiger charge is -2.20. The van der Waals surface area contributed by atoms with Gasteiger partial charge < -0.3 is 5.32 Å². The van der Waals surface area contributed by atoms with E-state index in [-0.39, 0.29) is 11.7 Å². The Labute approximate surface area is 184 Å². The molecule has 0 fully saturated rings. The highest BCUT2D eigenvalue weighted by atomic mass is 32.2. The summed E-state index contributed by atoms with van der Waals surface area (Å²) < 4.78 is 15.5. The van der Waals surface area contributed by atoms with E-state index in [1.807, 2.05) is 60.9 Å². The van der Waals surface area contributed by atoms with Crippen LogP contribution in [-0.2, 0) is 10.5 Å². The number of aromatic nitrogens is 3. The van der Waals surface area contributed by atoms with E-state index in [9.17, 15) is 9.18 Å². The second kappa shape index (κ2) is 9.31. The molecule has 0 radical (unpaired) electrons. The van der Waals surface area contributed by atoms with Crippen LogP contribution in [0.5, 0.6) is 0 Å². The van der Waals surface area contributed by atoms with Crippen molar-refractivity contribution in [3.05, 3.63) is 83.8 Å². The Bertz CT molecular complexity index is 1220. The average Bonchev–Trinajstić information content (AvgIpc) is 3.13. The Morgan fingerprint density at radius 2 is 2.00 bits per heavy atom. The maximum atomic E-state index is 13.6. The Morgan fingerprint density at radius 1 is 1.16 bits per heavy atom. The van der Waals surface area contributed by atoms with Gasteiger partial charge in [0, 0.05) is 17.6 Å². The number of imidazole rings is 1. The number of thioether (sulfide) groups is 1. The van der Waals surface area contributed by atoms with Gasteiger partial charge in [0.05, 0.1) is 0 Å². The number of aryl methyl sites for hydroxylation is 1. The van der Waals surface area contributed by atoms with Gasteiger partial charge >= 0.3 is 0 Å². The third-order valence-corrected chi connectivity index (χ3v) is 6.10. The highest BCUT2D eigenvalue weighted by Gasteiger charge is 2.25. The van der Waals surface area contributed by atoms with Crippen LogP contribution in [0.2, 0.25) is 0 Å². The van der Waals surface area contributed by atoms with Crippen molar-refractivity contribution in [1.82, 2.24) is 14.5 Å². The molecule has 0 unspecified atom stereocenters. The van der Waals surface area contributed by atoms with Crippen molar-refractivity contribution in [2.45, 2.75) is 37.2 Å². The fraction of sp³-hybridized carbons (Fsp3) is 0.208. The van der Waals surface area contributed by atoms with Crippen LogP contribution in [0.25, 0.3) is 11.2 Å². The Kier molecular flexibility index (Phi) is 6.32. The Balaban J connectivity index is 1.67. The van der Waals surface area contributed by atoms with E-state index in [0.717, 1.165) is 22.3 Å². The van der Waals surface area contributed by atoms with Crippen molar-refractivity contribution in [3.63, 3.8) is 0 Å². The van der Waals surface area contributed by atoms with Gasteiger partial charge in [0.1, 0.15) is 17.4 Å². The molecule has 0 spiro atoms. The molecule has 0 aliphatic carbocycles. The highest BCUT2D eigenvalue weighted by molar-refractivity contribution is 7.98. The molecule has 158 valence electrons. The summed E-state index contributed by atoms with van der Waals surface area (Å²) >= 11 is 1.47. The lowest BCUT2D eigenvalue weighted by Crippen LogP contribution is -2.26. The van der Waals surface area contributed by atoms with Crippen LogP contribution in [-0.4, -0.2) is 20.4 Å². The van der Waals surface area contributed by atoms with Crippen LogP contribution in [0.4, 0.5) is 10.1 Å². The van der Waals surface area contributed by atoms with Gasteiger partial charge in [-0.2, -0.15) is 0 Å². The lowest BCUT2D eigenvalue weighted by molar-refractivity contribution is -0.119. The number of amides is 1. The summed E-state index contributed by atoms with van der Waals surface area (Å²) in [5, 5.41) is 3.73. The number of benzene rings is 2. The largest absolute Gasteiger partial charge is 0.324 e. The number of para-hydroxylation sites is 1. The first-order chi connectivity index (χ1) is 15.1. The summed E-state index contributed by atoms with van der Waals surface area (Å²) in [5.41, 5.74) is 4.04. The number of nitrogens with one attached hydrogen (secondary N) is 1. The van der Waals surface area contributed by atoms with Crippen molar-refractivity contribution in [1.29, 1.82) is 0 Å². The van der Waals surface area contributed by atoms with E-state index in [1.54, 1.807) is 12.3 Å². The summed E-state index contributed by atoms with van der Waals surface area (Å²) in [6.45, 7) is 3.93. The SMILES string of the molecule is CC[C@@H](C(=O)Nc1ccccc1C)n1c(SCc2cccc(F)c2)nc2cccnc21. The van der Waals surface area contributed by atoms with E-state index in [4.69, 9.17) is 4.98 Å². The van der Waals surface area contributed by atoms with Gasteiger partial charge in [-0.05, 0) is 54.8 Å². The summed E-state index contributed by atoms with van der Waals surface area (Å²) in [6, 6.07) is 17.4. The molecular weight excluding hydrogens is 411 g/mol. The number of carbonyl (C=O) groups excluding carboxylic acids is 1. The number of hydrogen-bond donors (Lipinski definition) is 1. The molecule has 0 aliphatic heterocycles.